The Hall–Kier alpha value is -0.810. The molecule has 1 saturated carbocycles. The van der Waals surface area contributed by atoms with E-state index < -0.39 is 0 Å². The molecule has 2 N–H and O–H groups in total. The quantitative estimate of drug-likeness (QED) is 0.513. The first-order chi connectivity index (χ1) is 12.7. The Bertz CT molecular complexity index is 392. The highest BCUT2D eigenvalue weighted by Gasteiger charge is 2.15. The van der Waals surface area contributed by atoms with Crippen molar-refractivity contribution in [1.82, 2.24) is 20.4 Å². The zero-order chi connectivity index (χ0) is 18.6. The van der Waals surface area contributed by atoms with Gasteiger partial charge in [0.05, 0.1) is 6.54 Å². The number of hydrogen-bond acceptors (Lipinski definition) is 3. The average Bonchev–Trinajstić information content (AvgIpc) is 2.85. The van der Waals surface area contributed by atoms with Gasteiger partial charge in [0.1, 0.15) is 0 Å². The highest BCUT2D eigenvalue weighted by molar-refractivity contribution is 5.80. The van der Waals surface area contributed by atoms with Crippen LogP contribution in [0.25, 0.3) is 0 Å². The van der Waals surface area contributed by atoms with E-state index in [4.69, 9.17) is 4.99 Å². The van der Waals surface area contributed by atoms with Crippen LogP contribution in [0.5, 0.6) is 0 Å². The van der Waals surface area contributed by atoms with Gasteiger partial charge in [0.15, 0.2) is 5.96 Å². The molecule has 2 rings (SSSR count). The van der Waals surface area contributed by atoms with Gasteiger partial charge in [0.2, 0.25) is 0 Å². The molecule has 152 valence electrons. The van der Waals surface area contributed by atoms with Gasteiger partial charge in [-0.05, 0) is 59.2 Å². The maximum atomic E-state index is 4.83. The number of rotatable bonds is 8. The van der Waals surface area contributed by atoms with Crippen LogP contribution in [0.15, 0.2) is 4.99 Å². The molecule has 1 atom stereocenters. The fourth-order valence-electron chi connectivity index (χ4n) is 4.21. The molecule has 0 amide bonds. The standard InChI is InChI=1S/C21H43N5/c1-4-22-21(23-13-16-26-15-8-14-25(3)17-18-26)24-19(2)11-12-20-9-6-5-7-10-20/h19-20H,4-18H2,1-3H3,(H2,22,23,24). The molecule has 1 saturated heterocycles. The zero-order valence-electron chi connectivity index (χ0n) is 17.6. The van der Waals surface area contributed by atoms with E-state index in [-0.39, 0.29) is 0 Å². The second kappa shape index (κ2) is 12.6. The molecule has 1 aliphatic heterocycles. The molecule has 1 unspecified atom stereocenters. The van der Waals surface area contributed by atoms with Crippen molar-refractivity contribution < 1.29 is 0 Å². The summed E-state index contributed by atoms with van der Waals surface area (Å²) < 4.78 is 0. The molecule has 0 aromatic rings. The summed E-state index contributed by atoms with van der Waals surface area (Å²) in [6, 6.07) is 0.501. The second-order valence-electron chi connectivity index (χ2n) is 8.39. The first kappa shape index (κ1) is 21.5. The molecule has 2 aliphatic rings. The molecule has 26 heavy (non-hydrogen) atoms. The summed E-state index contributed by atoms with van der Waals surface area (Å²) in [5.41, 5.74) is 0. The summed E-state index contributed by atoms with van der Waals surface area (Å²) in [5.74, 6) is 1.96. The normalized spacial score (nSPS) is 22.8. The molecule has 5 heteroatoms. The van der Waals surface area contributed by atoms with Crippen LogP contribution in [0.3, 0.4) is 0 Å². The lowest BCUT2D eigenvalue weighted by Crippen LogP contribution is -2.43. The van der Waals surface area contributed by atoms with E-state index in [0.717, 1.165) is 31.5 Å². The molecule has 0 bridgehead atoms. The highest BCUT2D eigenvalue weighted by atomic mass is 15.2. The second-order valence-corrected chi connectivity index (χ2v) is 8.39. The lowest BCUT2D eigenvalue weighted by atomic mass is 9.85. The van der Waals surface area contributed by atoms with E-state index in [9.17, 15) is 0 Å². The summed E-state index contributed by atoms with van der Waals surface area (Å²) in [5, 5.41) is 7.05. The molecule has 2 fully saturated rings. The number of aliphatic imine (C=N–C) groups is 1. The molecular formula is C21H43N5. The average molecular weight is 366 g/mol. The Kier molecular flexibility index (Phi) is 10.4. The van der Waals surface area contributed by atoms with E-state index in [1.54, 1.807) is 0 Å². The highest BCUT2D eigenvalue weighted by Crippen LogP contribution is 2.27. The topological polar surface area (TPSA) is 42.9 Å². The number of guanidine groups is 1. The van der Waals surface area contributed by atoms with Gasteiger partial charge in [-0.15, -0.1) is 0 Å². The molecule has 0 spiro atoms. The third kappa shape index (κ3) is 8.72. The van der Waals surface area contributed by atoms with Crippen molar-refractivity contribution >= 4 is 5.96 Å². The molecule has 1 aliphatic carbocycles. The number of hydrogen-bond donors (Lipinski definition) is 2. The maximum Gasteiger partial charge on any atom is 0.191 e. The minimum Gasteiger partial charge on any atom is -0.357 e. The molecule has 0 radical (unpaired) electrons. The minimum atomic E-state index is 0.501. The van der Waals surface area contributed by atoms with Crippen LogP contribution in [0.1, 0.15) is 65.2 Å². The molecule has 0 aromatic carbocycles. The number of nitrogens with zero attached hydrogens (tertiary/aromatic N) is 3. The van der Waals surface area contributed by atoms with Gasteiger partial charge in [-0.2, -0.15) is 0 Å². The van der Waals surface area contributed by atoms with Crippen LogP contribution in [-0.2, 0) is 0 Å². The van der Waals surface area contributed by atoms with Crippen LogP contribution < -0.4 is 10.6 Å². The van der Waals surface area contributed by atoms with Gasteiger partial charge in [-0.3, -0.25) is 4.99 Å². The van der Waals surface area contributed by atoms with Crippen molar-refractivity contribution in [3.8, 4) is 0 Å². The van der Waals surface area contributed by atoms with E-state index in [2.05, 4.69) is 41.3 Å². The van der Waals surface area contributed by atoms with Crippen LogP contribution in [0.2, 0.25) is 0 Å². The van der Waals surface area contributed by atoms with Gasteiger partial charge in [-0.25, -0.2) is 0 Å². The minimum absolute atomic E-state index is 0.501. The predicted octanol–water partition coefficient (Wildman–Crippen LogP) is 2.93. The third-order valence-electron chi connectivity index (χ3n) is 5.96. The predicted molar refractivity (Wildman–Crippen MR) is 113 cm³/mol. The fourth-order valence-corrected chi connectivity index (χ4v) is 4.21. The van der Waals surface area contributed by atoms with E-state index in [1.165, 1.54) is 77.5 Å². The van der Waals surface area contributed by atoms with E-state index >= 15 is 0 Å². The third-order valence-corrected chi connectivity index (χ3v) is 5.96. The number of nitrogens with one attached hydrogen (secondary N) is 2. The van der Waals surface area contributed by atoms with Gasteiger partial charge in [-0.1, -0.05) is 32.1 Å². The summed E-state index contributed by atoms with van der Waals surface area (Å²) in [7, 11) is 2.23. The number of likely N-dealkylation sites (N-methyl/N-ethyl adjacent to an activating group) is 1. The summed E-state index contributed by atoms with van der Waals surface area (Å²) >= 11 is 0. The summed E-state index contributed by atoms with van der Waals surface area (Å²) in [6.45, 7) is 12.1. The van der Waals surface area contributed by atoms with Crippen LogP contribution in [-0.4, -0.2) is 74.7 Å². The first-order valence-electron chi connectivity index (χ1n) is 11.1. The van der Waals surface area contributed by atoms with Gasteiger partial charge in [0.25, 0.3) is 0 Å². The van der Waals surface area contributed by atoms with Crippen LogP contribution in [0.4, 0.5) is 0 Å². The Labute approximate surface area is 162 Å². The molecule has 0 aromatic heterocycles. The Morgan fingerprint density at radius 3 is 2.65 bits per heavy atom. The van der Waals surface area contributed by atoms with Gasteiger partial charge < -0.3 is 20.4 Å². The van der Waals surface area contributed by atoms with Crippen molar-refractivity contribution in [3.05, 3.63) is 0 Å². The lowest BCUT2D eigenvalue weighted by molar-refractivity contribution is 0.283. The lowest BCUT2D eigenvalue weighted by Gasteiger charge is -2.24. The van der Waals surface area contributed by atoms with Crippen molar-refractivity contribution in [1.29, 1.82) is 0 Å². The Morgan fingerprint density at radius 2 is 1.88 bits per heavy atom. The van der Waals surface area contributed by atoms with Crippen molar-refractivity contribution in [2.45, 2.75) is 71.3 Å². The van der Waals surface area contributed by atoms with Crippen molar-refractivity contribution in [2.75, 3.05) is 52.9 Å². The SMILES string of the molecule is CCNC(=NCCN1CCCN(C)CC1)NC(C)CCC1CCCCC1. The van der Waals surface area contributed by atoms with E-state index in [1.807, 2.05) is 0 Å². The summed E-state index contributed by atoms with van der Waals surface area (Å²) in [4.78, 5) is 9.82. The first-order valence-corrected chi connectivity index (χ1v) is 11.1. The Balaban J connectivity index is 1.69. The van der Waals surface area contributed by atoms with Crippen LogP contribution >= 0.6 is 0 Å². The zero-order valence-corrected chi connectivity index (χ0v) is 17.6. The maximum absolute atomic E-state index is 4.83. The molecule has 1 heterocycles. The molecule has 5 nitrogen and oxygen atoms in total. The smallest absolute Gasteiger partial charge is 0.191 e. The summed E-state index contributed by atoms with van der Waals surface area (Å²) in [6.07, 6.45) is 11.2. The fraction of sp³-hybridized carbons (Fsp3) is 0.952. The van der Waals surface area contributed by atoms with E-state index in [0.29, 0.717) is 6.04 Å². The van der Waals surface area contributed by atoms with Crippen molar-refractivity contribution in [2.24, 2.45) is 10.9 Å². The monoisotopic (exact) mass is 365 g/mol. The Morgan fingerprint density at radius 1 is 1.08 bits per heavy atom. The molecular weight excluding hydrogens is 322 g/mol. The van der Waals surface area contributed by atoms with Crippen LogP contribution in [0, 0.1) is 5.92 Å². The largest absolute Gasteiger partial charge is 0.357 e. The van der Waals surface area contributed by atoms with Gasteiger partial charge in [0, 0.05) is 32.2 Å². The van der Waals surface area contributed by atoms with Crippen molar-refractivity contribution in [3.63, 3.8) is 0 Å². The van der Waals surface area contributed by atoms with Gasteiger partial charge >= 0.3 is 0 Å².